The van der Waals surface area contributed by atoms with Crippen molar-refractivity contribution in [1.29, 1.82) is 10.8 Å². The molecule has 0 bridgehead atoms. The van der Waals surface area contributed by atoms with Crippen LogP contribution in [0.2, 0.25) is 0 Å². The first-order valence-corrected chi connectivity index (χ1v) is 4.35. The van der Waals surface area contributed by atoms with Crippen molar-refractivity contribution in [2.45, 2.75) is 19.3 Å². The van der Waals surface area contributed by atoms with Gasteiger partial charge < -0.3 is 10.3 Å². The number of hydrogen-bond donors (Lipinski definition) is 2. The highest BCUT2D eigenvalue weighted by Gasteiger charge is 2.10. The minimum atomic E-state index is 0.540. The summed E-state index contributed by atoms with van der Waals surface area (Å²) in [6, 6.07) is 0. The molecule has 1 fully saturated rings. The zero-order valence-electron chi connectivity index (χ0n) is 7.21. The standard InChI is InChI=1S/C9H15N3/c10-6-4-5-9(11)12-7-2-1-3-8-12/h4-6,10-11H,1-3,7-8H2/b5-4-,10-6?,11-9?. The molecule has 0 unspecified atom stereocenters. The number of rotatable bonds is 2. The van der Waals surface area contributed by atoms with E-state index in [9.17, 15) is 0 Å². The molecule has 1 aliphatic rings. The van der Waals surface area contributed by atoms with Crippen LogP contribution in [0.25, 0.3) is 0 Å². The molecule has 0 aromatic heterocycles. The maximum atomic E-state index is 7.62. The molecule has 0 aromatic rings. The van der Waals surface area contributed by atoms with Gasteiger partial charge in [-0.1, -0.05) is 0 Å². The van der Waals surface area contributed by atoms with Gasteiger partial charge in [0.05, 0.1) is 0 Å². The fourth-order valence-corrected chi connectivity index (χ4v) is 1.38. The highest BCUT2D eigenvalue weighted by Crippen LogP contribution is 2.08. The van der Waals surface area contributed by atoms with E-state index in [4.69, 9.17) is 10.8 Å². The number of likely N-dealkylation sites (tertiary alicyclic amines) is 1. The molecule has 12 heavy (non-hydrogen) atoms. The molecule has 2 N–H and O–H groups in total. The van der Waals surface area contributed by atoms with Gasteiger partial charge in [-0.15, -0.1) is 0 Å². The first kappa shape index (κ1) is 8.97. The van der Waals surface area contributed by atoms with E-state index >= 15 is 0 Å². The third kappa shape index (κ3) is 2.49. The van der Waals surface area contributed by atoms with Crippen LogP contribution in [0, 0.1) is 10.8 Å². The molecule has 66 valence electrons. The van der Waals surface area contributed by atoms with E-state index in [1.165, 1.54) is 25.5 Å². The molecule has 0 saturated carbocycles. The van der Waals surface area contributed by atoms with Crippen LogP contribution < -0.4 is 0 Å². The quantitative estimate of drug-likeness (QED) is 0.474. The zero-order chi connectivity index (χ0) is 8.81. The number of piperidine rings is 1. The van der Waals surface area contributed by atoms with Crippen LogP contribution in [0.3, 0.4) is 0 Å². The molecular formula is C9H15N3. The lowest BCUT2D eigenvalue weighted by atomic mass is 10.1. The second kappa shape index (κ2) is 4.70. The summed E-state index contributed by atoms with van der Waals surface area (Å²) in [5.41, 5.74) is 0. The average Bonchev–Trinajstić information content (AvgIpc) is 2.15. The molecular weight excluding hydrogens is 150 g/mol. The fourth-order valence-electron chi connectivity index (χ4n) is 1.38. The first-order valence-electron chi connectivity index (χ1n) is 4.35. The average molecular weight is 165 g/mol. The van der Waals surface area contributed by atoms with Crippen molar-refractivity contribution in [3.05, 3.63) is 12.2 Å². The predicted octanol–water partition coefficient (Wildman–Crippen LogP) is 1.66. The van der Waals surface area contributed by atoms with Gasteiger partial charge in [-0.2, -0.15) is 0 Å². The van der Waals surface area contributed by atoms with Crippen molar-refractivity contribution in [2.24, 2.45) is 0 Å². The number of amidine groups is 1. The monoisotopic (exact) mass is 165 g/mol. The number of allylic oxidation sites excluding steroid dienone is 1. The Hall–Kier alpha value is -1.12. The summed E-state index contributed by atoms with van der Waals surface area (Å²) >= 11 is 0. The largest absolute Gasteiger partial charge is 0.357 e. The Bertz CT molecular complexity index is 190. The third-order valence-electron chi connectivity index (χ3n) is 2.05. The van der Waals surface area contributed by atoms with Crippen molar-refractivity contribution in [3.8, 4) is 0 Å². The Kier molecular flexibility index (Phi) is 3.51. The molecule has 0 amide bonds. The number of nitrogens with one attached hydrogen (secondary N) is 2. The molecule has 0 aliphatic carbocycles. The molecule has 0 spiro atoms. The Morgan fingerprint density at radius 1 is 1.17 bits per heavy atom. The number of hydrogen-bond acceptors (Lipinski definition) is 2. The molecule has 0 aromatic carbocycles. The highest BCUT2D eigenvalue weighted by atomic mass is 15.2. The molecule has 1 aliphatic heterocycles. The van der Waals surface area contributed by atoms with Crippen LogP contribution >= 0.6 is 0 Å². The van der Waals surface area contributed by atoms with Gasteiger partial charge in [0.25, 0.3) is 0 Å². The molecule has 0 atom stereocenters. The van der Waals surface area contributed by atoms with E-state index in [1.54, 1.807) is 12.2 Å². The van der Waals surface area contributed by atoms with Crippen LogP contribution in [-0.2, 0) is 0 Å². The SMILES string of the molecule is N=C/C=C\C(=N)N1CCCCC1. The predicted molar refractivity (Wildman–Crippen MR) is 51.1 cm³/mol. The fraction of sp³-hybridized carbons (Fsp3) is 0.556. The van der Waals surface area contributed by atoms with E-state index < -0.39 is 0 Å². The van der Waals surface area contributed by atoms with Crippen molar-refractivity contribution >= 4 is 12.1 Å². The van der Waals surface area contributed by atoms with Crippen LogP contribution in [0.15, 0.2) is 12.2 Å². The van der Waals surface area contributed by atoms with E-state index in [2.05, 4.69) is 4.90 Å². The Labute approximate surface area is 73.1 Å². The van der Waals surface area contributed by atoms with Gasteiger partial charge in [0.2, 0.25) is 0 Å². The van der Waals surface area contributed by atoms with E-state index in [-0.39, 0.29) is 0 Å². The highest BCUT2D eigenvalue weighted by molar-refractivity contribution is 5.93. The smallest absolute Gasteiger partial charge is 0.120 e. The third-order valence-corrected chi connectivity index (χ3v) is 2.05. The maximum Gasteiger partial charge on any atom is 0.120 e. The summed E-state index contributed by atoms with van der Waals surface area (Å²) in [6.07, 6.45) is 8.16. The lowest BCUT2D eigenvalue weighted by Crippen LogP contribution is -2.33. The minimum absolute atomic E-state index is 0.540. The Morgan fingerprint density at radius 2 is 1.83 bits per heavy atom. The topological polar surface area (TPSA) is 50.9 Å². The molecule has 1 rings (SSSR count). The molecule has 1 heterocycles. The van der Waals surface area contributed by atoms with Crippen molar-refractivity contribution in [2.75, 3.05) is 13.1 Å². The Morgan fingerprint density at radius 3 is 2.42 bits per heavy atom. The van der Waals surface area contributed by atoms with Crippen LogP contribution in [-0.4, -0.2) is 30.0 Å². The first-order chi connectivity index (χ1) is 5.84. The van der Waals surface area contributed by atoms with Crippen molar-refractivity contribution < 1.29 is 0 Å². The normalized spacial score (nSPS) is 18.2. The summed E-state index contributed by atoms with van der Waals surface area (Å²) in [6.45, 7) is 2.00. The van der Waals surface area contributed by atoms with E-state index in [0.717, 1.165) is 13.1 Å². The van der Waals surface area contributed by atoms with Gasteiger partial charge in [0.15, 0.2) is 0 Å². The van der Waals surface area contributed by atoms with Gasteiger partial charge >= 0.3 is 0 Å². The van der Waals surface area contributed by atoms with E-state index in [1.807, 2.05) is 0 Å². The zero-order valence-corrected chi connectivity index (χ0v) is 7.21. The van der Waals surface area contributed by atoms with Crippen LogP contribution in [0.4, 0.5) is 0 Å². The van der Waals surface area contributed by atoms with Crippen molar-refractivity contribution in [3.63, 3.8) is 0 Å². The van der Waals surface area contributed by atoms with Gasteiger partial charge in [0, 0.05) is 19.3 Å². The summed E-state index contributed by atoms with van der Waals surface area (Å²) < 4.78 is 0. The summed E-state index contributed by atoms with van der Waals surface area (Å²) in [5, 5.41) is 14.4. The van der Waals surface area contributed by atoms with Crippen LogP contribution in [0.1, 0.15) is 19.3 Å². The van der Waals surface area contributed by atoms with Crippen molar-refractivity contribution in [1.82, 2.24) is 4.90 Å². The molecule has 0 radical (unpaired) electrons. The summed E-state index contributed by atoms with van der Waals surface area (Å²) in [4.78, 5) is 2.06. The maximum absolute atomic E-state index is 7.62. The minimum Gasteiger partial charge on any atom is -0.357 e. The molecule has 1 saturated heterocycles. The molecule has 3 nitrogen and oxygen atoms in total. The number of nitrogens with zero attached hydrogens (tertiary/aromatic N) is 1. The van der Waals surface area contributed by atoms with Gasteiger partial charge in [0.1, 0.15) is 5.84 Å². The van der Waals surface area contributed by atoms with Gasteiger partial charge in [-0.05, 0) is 31.4 Å². The summed E-state index contributed by atoms with van der Waals surface area (Å²) in [5.74, 6) is 0.540. The van der Waals surface area contributed by atoms with Gasteiger partial charge in [-0.25, -0.2) is 0 Å². The Balaban J connectivity index is 2.39. The van der Waals surface area contributed by atoms with Crippen LogP contribution in [0.5, 0.6) is 0 Å². The second-order valence-electron chi connectivity index (χ2n) is 2.96. The molecule has 3 heteroatoms. The van der Waals surface area contributed by atoms with E-state index in [0.29, 0.717) is 5.84 Å². The summed E-state index contributed by atoms with van der Waals surface area (Å²) in [7, 11) is 0. The lowest BCUT2D eigenvalue weighted by molar-refractivity contribution is 0.342. The van der Waals surface area contributed by atoms with Gasteiger partial charge in [-0.3, -0.25) is 5.41 Å². The second-order valence-corrected chi connectivity index (χ2v) is 2.96. The lowest BCUT2D eigenvalue weighted by Gasteiger charge is -2.27.